The molecule has 0 amide bonds. The first-order valence-corrected chi connectivity index (χ1v) is 12.8. The Labute approximate surface area is 225 Å². The number of nitrogens with one attached hydrogen (secondary N) is 4. The first kappa shape index (κ1) is 26.0. The summed E-state index contributed by atoms with van der Waals surface area (Å²) in [6, 6.07) is 8.58. The molecule has 0 radical (unpaired) electrons. The van der Waals surface area contributed by atoms with E-state index in [1.54, 1.807) is 13.9 Å². The van der Waals surface area contributed by atoms with Gasteiger partial charge in [-0.1, -0.05) is 32.4 Å². The molecule has 0 bridgehead atoms. The van der Waals surface area contributed by atoms with Crippen LogP contribution in [0.1, 0.15) is 44.7 Å². The Balaban J connectivity index is 1.62. The summed E-state index contributed by atoms with van der Waals surface area (Å²) >= 11 is 6.68. The maximum absolute atomic E-state index is 15.1. The number of aromatic nitrogens is 2. The van der Waals surface area contributed by atoms with Crippen molar-refractivity contribution in [3.8, 4) is 6.07 Å². The van der Waals surface area contributed by atoms with Crippen molar-refractivity contribution in [1.29, 1.82) is 5.26 Å². The number of halogens is 3. The molecule has 0 spiro atoms. The van der Waals surface area contributed by atoms with Crippen LogP contribution < -0.4 is 21.6 Å². The molecule has 2 aromatic heterocycles. The molecule has 0 saturated heterocycles. The van der Waals surface area contributed by atoms with E-state index in [4.69, 9.17) is 11.6 Å². The third-order valence-electron chi connectivity index (χ3n) is 6.66. The van der Waals surface area contributed by atoms with E-state index < -0.39 is 17.3 Å². The highest BCUT2D eigenvalue weighted by Crippen LogP contribution is 2.38. The lowest BCUT2D eigenvalue weighted by atomic mass is 9.69. The molecule has 2 aliphatic rings. The van der Waals surface area contributed by atoms with Gasteiger partial charge in [0.15, 0.2) is 0 Å². The molecule has 1 atom stereocenters. The monoisotopic (exact) mass is 536 g/mol. The van der Waals surface area contributed by atoms with Crippen LogP contribution in [-0.4, -0.2) is 35.4 Å². The average Bonchev–Trinajstić information content (AvgIpc) is 3.57. The second-order valence-corrected chi connectivity index (χ2v) is 11.5. The Morgan fingerprint density at radius 2 is 2.03 bits per heavy atom. The summed E-state index contributed by atoms with van der Waals surface area (Å²) in [6.45, 7) is 6.88. The molecule has 196 valence electrons. The topological polar surface area (TPSA) is 101 Å². The largest absolute Gasteiger partial charge is 0.383 e. The van der Waals surface area contributed by atoms with Crippen molar-refractivity contribution in [2.24, 2.45) is 5.41 Å². The van der Waals surface area contributed by atoms with Crippen LogP contribution in [0.2, 0.25) is 5.02 Å². The van der Waals surface area contributed by atoms with Crippen molar-refractivity contribution >= 4 is 41.7 Å². The number of nitriles is 1. The fourth-order valence-electron chi connectivity index (χ4n) is 4.45. The van der Waals surface area contributed by atoms with Gasteiger partial charge in [-0.05, 0) is 42.5 Å². The predicted molar refractivity (Wildman–Crippen MR) is 147 cm³/mol. The number of rotatable bonds is 7. The Morgan fingerprint density at radius 1 is 1.26 bits per heavy atom. The fourth-order valence-corrected chi connectivity index (χ4v) is 4.71. The highest BCUT2D eigenvalue weighted by molar-refractivity contribution is 6.36. The number of benzene rings is 1. The van der Waals surface area contributed by atoms with E-state index in [2.05, 4.69) is 58.4 Å². The third kappa shape index (κ3) is 5.06. The number of anilines is 2. The summed E-state index contributed by atoms with van der Waals surface area (Å²) in [4.78, 5) is 7.84. The molecule has 1 aliphatic heterocycles. The molecule has 1 aliphatic carbocycles. The van der Waals surface area contributed by atoms with E-state index >= 15 is 4.39 Å². The molecule has 4 N–H and O–H groups in total. The zero-order chi connectivity index (χ0) is 27.2. The molecule has 3 heterocycles. The average molecular weight is 537 g/mol. The van der Waals surface area contributed by atoms with Gasteiger partial charge in [0, 0.05) is 41.6 Å². The van der Waals surface area contributed by atoms with Gasteiger partial charge in [0.1, 0.15) is 13.9 Å². The standard InChI is InChI=1S/C26H28BClF2N8/c1-25(2,3)13-33-22-14(10-31)11-32-23-17(22)8-15(9-19(23)28)35-26(27,18-6-7-21(29)34-24(18)30)20-12-38(37-36-20)16-4-5-16/h6-9,11-12,16,35-37H,4-5,13,27H2,1-3H3,(H,32,33). The minimum atomic E-state index is -1.20. The van der Waals surface area contributed by atoms with E-state index in [9.17, 15) is 9.65 Å². The van der Waals surface area contributed by atoms with Gasteiger partial charge in [-0.15, -0.1) is 5.53 Å². The van der Waals surface area contributed by atoms with E-state index in [1.165, 1.54) is 12.3 Å². The lowest BCUT2D eigenvalue weighted by Crippen LogP contribution is -2.46. The Hall–Kier alpha value is -3.62. The van der Waals surface area contributed by atoms with Gasteiger partial charge in [-0.3, -0.25) is 9.99 Å². The van der Waals surface area contributed by atoms with Crippen LogP contribution in [0, 0.1) is 28.6 Å². The number of hydrazine groups is 2. The molecule has 1 fully saturated rings. The Morgan fingerprint density at radius 3 is 2.68 bits per heavy atom. The van der Waals surface area contributed by atoms with Crippen LogP contribution in [0.3, 0.4) is 0 Å². The van der Waals surface area contributed by atoms with Gasteiger partial charge >= 0.3 is 0 Å². The summed E-state index contributed by atoms with van der Waals surface area (Å²) in [5.74, 6) is -1.83. The van der Waals surface area contributed by atoms with Gasteiger partial charge in [-0.2, -0.15) is 19.0 Å². The van der Waals surface area contributed by atoms with Crippen LogP contribution in [0.25, 0.3) is 10.9 Å². The van der Waals surface area contributed by atoms with Gasteiger partial charge in [-0.25, -0.2) is 0 Å². The zero-order valence-electron chi connectivity index (χ0n) is 21.6. The number of hydrogen-bond acceptors (Lipinski definition) is 8. The SMILES string of the molecule is BC(Nc1cc(Cl)c2ncc(C#N)c(NCC(C)(C)C)c2c1)(C1=CN(C2CC2)NN1)c1ccc(F)nc1F. The second-order valence-electron chi connectivity index (χ2n) is 11.1. The second kappa shape index (κ2) is 9.60. The highest BCUT2D eigenvalue weighted by atomic mass is 35.5. The zero-order valence-corrected chi connectivity index (χ0v) is 22.3. The van der Waals surface area contributed by atoms with E-state index in [-0.39, 0.29) is 11.0 Å². The van der Waals surface area contributed by atoms with Gasteiger partial charge < -0.3 is 16.1 Å². The highest BCUT2D eigenvalue weighted by Gasteiger charge is 2.40. The number of hydrogen-bond donors (Lipinski definition) is 4. The summed E-state index contributed by atoms with van der Waals surface area (Å²) in [7, 11) is 1.78. The van der Waals surface area contributed by atoms with Crippen molar-refractivity contribution in [3.63, 3.8) is 0 Å². The van der Waals surface area contributed by atoms with E-state index in [1.807, 2.05) is 17.3 Å². The summed E-state index contributed by atoms with van der Waals surface area (Å²) in [5, 5.41) is 19.5. The summed E-state index contributed by atoms with van der Waals surface area (Å²) in [5.41, 5.74) is 7.84. The molecule has 38 heavy (non-hydrogen) atoms. The maximum Gasteiger partial charge on any atom is 0.220 e. The molecule has 5 rings (SSSR count). The van der Waals surface area contributed by atoms with Crippen molar-refractivity contribution in [2.75, 3.05) is 17.2 Å². The van der Waals surface area contributed by atoms with Crippen LogP contribution in [0.5, 0.6) is 0 Å². The van der Waals surface area contributed by atoms with Gasteiger partial charge in [0.2, 0.25) is 11.9 Å². The van der Waals surface area contributed by atoms with E-state index in [0.717, 1.165) is 18.9 Å². The summed E-state index contributed by atoms with van der Waals surface area (Å²) in [6.07, 6.45) is 5.48. The molecule has 12 heteroatoms. The molecule has 8 nitrogen and oxygen atoms in total. The minimum Gasteiger partial charge on any atom is -0.383 e. The molecule has 1 saturated carbocycles. The van der Waals surface area contributed by atoms with Crippen LogP contribution in [0.4, 0.5) is 20.2 Å². The van der Waals surface area contributed by atoms with Crippen LogP contribution in [-0.2, 0) is 5.44 Å². The first-order chi connectivity index (χ1) is 18.0. The third-order valence-corrected chi connectivity index (χ3v) is 6.94. The normalized spacial score (nSPS) is 17.0. The van der Waals surface area contributed by atoms with Crippen LogP contribution >= 0.6 is 11.6 Å². The minimum absolute atomic E-state index is 0.0469. The van der Waals surface area contributed by atoms with Crippen molar-refractivity contribution < 1.29 is 8.78 Å². The lowest BCUT2D eigenvalue weighted by molar-refractivity contribution is 0.260. The molecule has 1 aromatic carbocycles. The van der Waals surface area contributed by atoms with Gasteiger partial charge in [0.25, 0.3) is 0 Å². The van der Waals surface area contributed by atoms with E-state index in [0.29, 0.717) is 51.1 Å². The molecule has 1 unspecified atom stereocenters. The first-order valence-electron chi connectivity index (χ1n) is 12.4. The summed E-state index contributed by atoms with van der Waals surface area (Å²) < 4.78 is 28.9. The maximum atomic E-state index is 15.1. The molecule has 3 aromatic rings. The molecular weight excluding hydrogens is 509 g/mol. The predicted octanol–water partition coefficient (Wildman–Crippen LogP) is 4.12. The van der Waals surface area contributed by atoms with Crippen molar-refractivity contribution in [3.05, 3.63) is 70.4 Å². The quantitative estimate of drug-likeness (QED) is 0.264. The smallest absolute Gasteiger partial charge is 0.220 e. The Kier molecular flexibility index (Phi) is 6.57. The van der Waals surface area contributed by atoms with Crippen LogP contribution in [0.15, 0.2) is 42.4 Å². The van der Waals surface area contributed by atoms with Crippen molar-refractivity contribution in [2.45, 2.75) is 45.1 Å². The lowest BCUT2D eigenvalue weighted by Gasteiger charge is -2.34. The number of nitrogens with zero attached hydrogens (tertiary/aromatic N) is 4. The Bertz CT molecular complexity index is 1480. The molecular formula is C26H28BClF2N8. The van der Waals surface area contributed by atoms with Crippen molar-refractivity contribution in [1.82, 2.24) is 25.9 Å². The number of fused-ring (bicyclic) bond motifs is 1. The van der Waals surface area contributed by atoms with Gasteiger partial charge in [0.05, 0.1) is 32.9 Å². The fraction of sp³-hybridized carbons (Fsp3) is 0.346. The number of pyridine rings is 2.